The van der Waals surface area contributed by atoms with E-state index < -0.39 is 11.7 Å². The molecule has 0 aliphatic heterocycles. The van der Waals surface area contributed by atoms with Crippen molar-refractivity contribution in [3.63, 3.8) is 0 Å². The lowest BCUT2D eigenvalue weighted by atomic mass is 10.2. The maximum absolute atomic E-state index is 11.5. The molecule has 0 saturated heterocycles. The number of rotatable bonds is 7. The molecule has 124 valence electrons. The molecule has 1 heterocycles. The molecule has 6 nitrogen and oxygen atoms in total. The van der Waals surface area contributed by atoms with Crippen molar-refractivity contribution in [2.45, 2.75) is 40.2 Å². The summed E-state index contributed by atoms with van der Waals surface area (Å²) in [5.41, 5.74) is -0.495. The van der Waals surface area contributed by atoms with Gasteiger partial charge in [-0.15, -0.1) is 0 Å². The summed E-state index contributed by atoms with van der Waals surface area (Å²) in [5, 5.41) is 2.64. The third-order valence-corrected chi connectivity index (χ3v) is 2.82. The summed E-state index contributed by atoms with van der Waals surface area (Å²) in [4.78, 5) is 18.1. The van der Waals surface area contributed by atoms with E-state index >= 15 is 0 Å². The highest BCUT2D eigenvalue weighted by Crippen LogP contribution is 2.15. The van der Waals surface area contributed by atoms with Crippen LogP contribution in [0.5, 0.6) is 5.88 Å². The van der Waals surface area contributed by atoms with Crippen LogP contribution >= 0.6 is 0 Å². The number of amides is 1. The van der Waals surface area contributed by atoms with Crippen LogP contribution in [0.4, 0.5) is 10.6 Å². The summed E-state index contributed by atoms with van der Waals surface area (Å²) in [6, 6.07) is 5.68. The highest BCUT2D eigenvalue weighted by atomic mass is 16.6. The van der Waals surface area contributed by atoms with E-state index in [9.17, 15) is 4.79 Å². The third kappa shape index (κ3) is 6.65. The van der Waals surface area contributed by atoms with E-state index in [0.717, 1.165) is 18.9 Å². The molecule has 0 atom stereocenters. The molecule has 0 aliphatic carbocycles. The third-order valence-electron chi connectivity index (χ3n) is 2.82. The molecule has 6 heteroatoms. The second kappa shape index (κ2) is 8.46. The van der Waals surface area contributed by atoms with Crippen LogP contribution < -0.4 is 15.0 Å². The molecule has 22 heavy (non-hydrogen) atoms. The van der Waals surface area contributed by atoms with E-state index in [0.29, 0.717) is 19.0 Å². The molecule has 0 fully saturated rings. The maximum Gasteiger partial charge on any atom is 0.407 e. The van der Waals surface area contributed by atoms with E-state index in [-0.39, 0.29) is 0 Å². The molecule has 0 aliphatic rings. The normalized spacial score (nSPS) is 11.0. The fraction of sp³-hybridized carbons (Fsp3) is 0.625. The summed E-state index contributed by atoms with van der Waals surface area (Å²) in [6.07, 6.45) is -0.444. The summed E-state index contributed by atoms with van der Waals surface area (Å²) >= 11 is 0. The average Bonchev–Trinajstić information content (AvgIpc) is 2.44. The molecule has 0 spiro atoms. The minimum absolute atomic E-state index is 0.341. The Morgan fingerprint density at radius 2 is 1.95 bits per heavy atom. The smallest absolute Gasteiger partial charge is 0.407 e. The summed E-state index contributed by atoms with van der Waals surface area (Å²) in [5.74, 6) is 1.44. The minimum Gasteiger partial charge on any atom is -0.476 e. The first-order valence-corrected chi connectivity index (χ1v) is 7.67. The van der Waals surface area contributed by atoms with Crippen LogP contribution in [0, 0.1) is 0 Å². The molecule has 0 unspecified atom stereocenters. The van der Waals surface area contributed by atoms with E-state index in [1.165, 1.54) is 0 Å². The monoisotopic (exact) mass is 309 g/mol. The summed E-state index contributed by atoms with van der Waals surface area (Å²) < 4.78 is 10.7. The van der Waals surface area contributed by atoms with Crippen LogP contribution in [0.3, 0.4) is 0 Å². The lowest BCUT2D eigenvalue weighted by Gasteiger charge is -2.20. The van der Waals surface area contributed by atoms with Crippen molar-refractivity contribution in [1.29, 1.82) is 0 Å². The number of carbonyl (C=O) groups excluding carboxylic acids is 1. The lowest BCUT2D eigenvalue weighted by Crippen LogP contribution is -2.34. The zero-order valence-electron chi connectivity index (χ0n) is 14.2. The van der Waals surface area contributed by atoms with Crippen LogP contribution in [-0.2, 0) is 4.74 Å². The predicted octanol–water partition coefficient (Wildman–Crippen LogP) is 2.83. The van der Waals surface area contributed by atoms with Crippen molar-refractivity contribution in [2.24, 2.45) is 0 Å². The van der Waals surface area contributed by atoms with Crippen molar-refractivity contribution in [3.05, 3.63) is 18.2 Å². The molecule has 1 amide bonds. The molecular formula is C16H27N3O3. The van der Waals surface area contributed by atoms with E-state index in [4.69, 9.17) is 9.47 Å². The number of nitrogens with zero attached hydrogens (tertiary/aromatic N) is 2. The number of ether oxygens (including phenoxy) is 2. The van der Waals surface area contributed by atoms with Gasteiger partial charge in [-0.05, 0) is 40.7 Å². The molecule has 0 bridgehead atoms. The van der Waals surface area contributed by atoms with Crippen molar-refractivity contribution < 1.29 is 14.3 Å². The Bertz CT molecular complexity index is 468. The second-order valence-electron chi connectivity index (χ2n) is 5.78. The van der Waals surface area contributed by atoms with E-state index in [1.54, 1.807) is 6.07 Å². The topological polar surface area (TPSA) is 63.7 Å². The lowest BCUT2D eigenvalue weighted by molar-refractivity contribution is 0.0520. The van der Waals surface area contributed by atoms with Gasteiger partial charge in [0.2, 0.25) is 5.88 Å². The van der Waals surface area contributed by atoms with Crippen molar-refractivity contribution >= 4 is 11.9 Å². The molecule has 1 aromatic rings. The van der Waals surface area contributed by atoms with Gasteiger partial charge in [0, 0.05) is 19.2 Å². The van der Waals surface area contributed by atoms with E-state index in [1.807, 2.05) is 32.9 Å². The molecule has 0 aromatic carbocycles. The van der Waals surface area contributed by atoms with Crippen molar-refractivity contribution in [2.75, 3.05) is 31.1 Å². The van der Waals surface area contributed by atoms with Crippen LogP contribution in [0.2, 0.25) is 0 Å². The van der Waals surface area contributed by atoms with Gasteiger partial charge in [0.25, 0.3) is 0 Å². The first kappa shape index (κ1) is 18.1. The molecule has 0 radical (unpaired) electrons. The van der Waals surface area contributed by atoms with Crippen LogP contribution in [0.15, 0.2) is 18.2 Å². The van der Waals surface area contributed by atoms with Crippen LogP contribution in [0.1, 0.15) is 34.6 Å². The predicted molar refractivity (Wildman–Crippen MR) is 87.5 cm³/mol. The Morgan fingerprint density at radius 3 is 2.55 bits per heavy atom. The summed E-state index contributed by atoms with van der Waals surface area (Å²) in [6.45, 7) is 12.1. The standard InChI is InChI=1S/C16H27N3O3/c1-6-19(7-2)13-9-8-10-14(18-13)21-12-11-17-15(20)22-16(3,4)5/h8-10H,6-7,11-12H2,1-5H3,(H,17,20). The minimum atomic E-state index is -0.495. The van der Waals surface area contributed by atoms with Gasteiger partial charge >= 0.3 is 6.09 Å². The number of carbonyl (C=O) groups is 1. The first-order valence-electron chi connectivity index (χ1n) is 7.67. The Kier molecular flexibility index (Phi) is 6.95. The van der Waals surface area contributed by atoms with Gasteiger partial charge in [-0.3, -0.25) is 0 Å². The number of anilines is 1. The van der Waals surface area contributed by atoms with Crippen molar-refractivity contribution in [3.8, 4) is 5.88 Å². The maximum atomic E-state index is 11.5. The quantitative estimate of drug-likeness (QED) is 0.785. The summed E-state index contributed by atoms with van der Waals surface area (Å²) in [7, 11) is 0. The van der Waals surface area contributed by atoms with Crippen LogP contribution in [-0.4, -0.2) is 42.9 Å². The highest BCUT2D eigenvalue weighted by Gasteiger charge is 2.15. The highest BCUT2D eigenvalue weighted by molar-refractivity contribution is 5.67. The molecule has 0 saturated carbocycles. The number of alkyl carbamates (subject to hydrolysis) is 1. The zero-order valence-corrected chi connectivity index (χ0v) is 14.2. The van der Waals surface area contributed by atoms with Gasteiger partial charge in [0.15, 0.2) is 0 Å². The zero-order chi connectivity index (χ0) is 16.6. The van der Waals surface area contributed by atoms with Gasteiger partial charge in [0.1, 0.15) is 18.0 Å². The number of hydrogen-bond acceptors (Lipinski definition) is 5. The van der Waals surface area contributed by atoms with Crippen LogP contribution in [0.25, 0.3) is 0 Å². The molecule has 1 N–H and O–H groups in total. The Labute approximate surface area is 132 Å². The van der Waals surface area contributed by atoms with Gasteiger partial charge in [-0.25, -0.2) is 4.79 Å². The average molecular weight is 309 g/mol. The molecule has 1 rings (SSSR count). The Morgan fingerprint density at radius 1 is 1.27 bits per heavy atom. The van der Waals surface area contributed by atoms with Gasteiger partial charge in [-0.2, -0.15) is 4.98 Å². The SMILES string of the molecule is CCN(CC)c1cccc(OCCNC(=O)OC(C)(C)C)n1. The second-order valence-corrected chi connectivity index (χ2v) is 5.78. The Balaban J connectivity index is 2.39. The van der Waals surface area contributed by atoms with Crippen molar-refractivity contribution in [1.82, 2.24) is 10.3 Å². The largest absolute Gasteiger partial charge is 0.476 e. The fourth-order valence-corrected chi connectivity index (χ4v) is 1.83. The van der Waals surface area contributed by atoms with Gasteiger partial charge < -0.3 is 19.7 Å². The van der Waals surface area contributed by atoms with E-state index in [2.05, 4.69) is 29.0 Å². The first-order chi connectivity index (χ1) is 10.4. The molecule has 1 aromatic heterocycles. The molecular weight excluding hydrogens is 282 g/mol. The fourth-order valence-electron chi connectivity index (χ4n) is 1.83. The number of nitrogens with one attached hydrogen (secondary N) is 1. The number of pyridine rings is 1. The Hall–Kier alpha value is -1.98. The number of hydrogen-bond donors (Lipinski definition) is 1. The number of aromatic nitrogens is 1. The van der Waals surface area contributed by atoms with Gasteiger partial charge in [0.05, 0.1) is 6.54 Å². The van der Waals surface area contributed by atoms with Gasteiger partial charge in [-0.1, -0.05) is 6.07 Å².